The molecule has 0 fully saturated rings. The Balaban J connectivity index is 2.48. The summed E-state index contributed by atoms with van der Waals surface area (Å²) in [6.07, 6.45) is 5.44. The Morgan fingerprint density at radius 3 is 3.00 bits per heavy atom. The Morgan fingerprint density at radius 1 is 1.56 bits per heavy atom. The molecule has 1 aromatic rings. The number of nitro groups is 1. The van der Waals surface area contributed by atoms with Crippen LogP contribution in [-0.2, 0) is 4.74 Å². The van der Waals surface area contributed by atoms with Gasteiger partial charge in [0.05, 0.1) is 24.7 Å². The van der Waals surface area contributed by atoms with Crippen LogP contribution in [0.5, 0.6) is 5.75 Å². The van der Waals surface area contributed by atoms with Crippen LogP contribution in [0, 0.1) is 10.1 Å². The van der Waals surface area contributed by atoms with Gasteiger partial charge in [0.15, 0.2) is 0 Å². The normalized spacial score (nSPS) is 15.1. The minimum absolute atomic E-state index is 0.0956. The van der Waals surface area contributed by atoms with Crippen LogP contribution >= 0.6 is 0 Å². The summed E-state index contributed by atoms with van der Waals surface area (Å²) in [5.41, 5.74) is 1.58. The van der Waals surface area contributed by atoms with Gasteiger partial charge in [-0.25, -0.2) is 0 Å². The van der Waals surface area contributed by atoms with E-state index in [-0.39, 0.29) is 5.69 Å². The second-order valence-corrected chi connectivity index (χ2v) is 3.78. The summed E-state index contributed by atoms with van der Waals surface area (Å²) in [4.78, 5) is 14.4. The number of nitrogens with zero attached hydrogens (tertiary/aromatic N) is 2. The van der Waals surface area contributed by atoms with E-state index in [9.17, 15) is 10.1 Å². The van der Waals surface area contributed by atoms with Gasteiger partial charge in [0.1, 0.15) is 6.20 Å². The Morgan fingerprint density at radius 2 is 2.39 bits per heavy atom. The Labute approximate surface area is 104 Å². The van der Waals surface area contributed by atoms with Crippen molar-refractivity contribution in [1.29, 1.82) is 0 Å². The zero-order chi connectivity index (χ0) is 13.0. The Kier molecular flexibility index (Phi) is 3.88. The lowest BCUT2D eigenvalue weighted by Gasteiger charge is -2.16. The van der Waals surface area contributed by atoms with Gasteiger partial charge < -0.3 is 9.47 Å². The van der Waals surface area contributed by atoms with E-state index < -0.39 is 4.92 Å². The van der Waals surface area contributed by atoms with E-state index in [1.807, 2.05) is 6.08 Å². The van der Waals surface area contributed by atoms with Crippen LogP contribution in [0.1, 0.15) is 18.9 Å². The summed E-state index contributed by atoms with van der Waals surface area (Å²) in [5.74, 6) is 0.297. The van der Waals surface area contributed by atoms with Crippen molar-refractivity contribution < 1.29 is 14.4 Å². The molecule has 0 amide bonds. The smallest absolute Gasteiger partial charge is 0.329 e. The maximum Gasteiger partial charge on any atom is 0.329 e. The highest BCUT2D eigenvalue weighted by atomic mass is 16.6. The molecule has 6 nitrogen and oxygen atoms in total. The average molecular weight is 250 g/mol. The highest BCUT2D eigenvalue weighted by Gasteiger charge is 2.22. The van der Waals surface area contributed by atoms with Gasteiger partial charge in [-0.05, 0) is 18.9 Å². The minimum Gasteiger partial charge on any atom is -0.487 e. The second kappa shape index (κ2) is 5.59. The van der Waals surface area contributed by atoms with Gasteiger partial charge in [-0.3, -0.25) is 15.1 Å². The molecule has 18 heavy (non-hydrogen) atoms. The molecule has 2 heterocycles. The average Bonchev–Trinajstić information content (AvgIpc) is 2.40. The highest BCUT2D eigenvalue weighted by Crippen LogP contribution is 2.36. The van der Waals surface area contributed by atoms with E-state index in [4.69, 9.17) is 9.47 Å². The van der Waals surface area contributed by atoms with E-state index in [2.05, 4.69) is 4.98 Å². The summed E-state index contributed by atoms with van der Waals surface area (Å²) >= 11 is 0. The minimum atomic E-state index is -0.471. The number of ether oxygens (including phenoxy) is 2. The third kappa shape index (κ3) is 2.48. The largest absolute Gasteiger partial charge is 0.487 e. The second-order valence-electron chi connectivity index (χ2n) is 3.78. The maximum absolute atomic E-state index is 11.0. The monoisotopic (exact) mass is 250 g/mol. The molecule has 0 spiro atoms. The summed E-state index contributed by atoms with van der Waals surface area (Å²) in [6.45, 7) is 3.30. The predicted octanol–water partition coefficient (Wildman–Crippen LogP) is 2.19. The molecular formula is C12H14N2O4. The van der Waals surface area contributed by atoms with E-state index in [0.29, 0.717) is 37.6 Å². The van der Waals surface area contributed by atoms with Crippen LogP contribution in [-0.4, -0.2) is 29.7 Å². The van der Waals surface area contributed by atoms with Gasteiger partial charge in [-0.1, -0.05) is 6.08 Å². The first-order valence-electron chi connectivity index (χ1n) is 5.76. The molecule has 0 atom stereocenters. The molecular weight excluding hydrogens is 236 g/mol. The van der Waals surface area contributed by atoms with Crippen molar-refractivity contribution in [2.75, 3.05) is 19.8 Å². The van der Waals surface area contributed by atoms with Crippen LogP contribution in [0.3, 0.4) is 0 Å². The molecule has 2 rings (SSSR count). The predicted molar refractivity (Wildman–Crippen MR) is 65.5 cm³/mol. The fourth-order valence-electron chi connectivity index (χ4n) is 1.86. The van der Waals surface area contributed by atoms with Gasteiger partial charge in [0, 0.05) is 11.8 Å². The van der Waals surface area contributed by atoms with Gasteiger partial charge in [0.2, 0.25) is 5.75 Å². The van der Waals surface area contributed by atoms with Crippen molar-refractivity contribution in [3.8, 4) is 5.75 Å². The summed E-state index contributed by atoms with van der Waals surface area (Å²) < 4.78 is 10.6. The van der Waals surface area contributed by atoms with Crippen LogP contribution in [0.15, 0.2) is 18.5 Å². The van der Waals surface area contributed by atoms with Crippen molar-refractivity contribution in [3.05, 3.63) is 34.1 Å². The first kappa shape index (κ1) is 12.5. The lowest BCUT2D eigenvalue weighted by Crippen LogP contribution is -2.07. The van der Waals surface area contributed by atoms with Crippen molar-refractivity contribution in [1.82, 2.24) is 4.98 Å². The van der Waals surface area contributed by atoms with Gasteiger partial charge in [-0.2, -0.15) is 0 Å². The Hall–Kier alpha value is -1.95. The summed E-state index contributed by atoms with van der Waals surface area (Å²) in [7, 11) is 0. The zero-order valence-electron chi connectivity index (χ0n) is 10.1. The molecule has 0 saturated carbocycles. The molecule has 1 aliphatic rings. The molecule has 0 bridgehead atoms. The molecule has 1 aliphatic heterocycles. The summed E-state index contributed by atoms with van der Waals surface area (Å²) in [5, 5.41) is 11.0. The Bertz CT molecular complexity index is 485. The standard InChI is InChI=1S/C12H14N2O4/c1-2-18-12-10(9-3-5-17-6-4-9)7-13-8-11(12)14(15)16/h3,7-8H,2,4-6H2,1H3. The van der Waals surface area contributed by atoms with Crippen molar-refractivity contribution in [2.45, 2.75) is 13.3 Å². The lowest BCUT2D eigenvalue weighted by atomic mass is 10.0. The summed E-state index contributed by atoms with van der Waals surface area (Å²) in [6, 6.07) is 0. The highest BCUT2D eigenvalue weighted by molar-refractivity contribution is 5.74. The fraction of sp³-hybridized carbons (Fsp3) is 0.417. The SMILES string of the molecule is CCOc1c(C2=CCOCC2)cncc1[N+](=O)[O-]. The zero-order valence-corrected chi connectivity index (χ0v) is 10.1. The van der Waals surface area contributed by atoms with Crippen LogP contribution in [0.4, 0.5) is 5.69 Å². The van der Waals surface area contributed by atoms with E-state index >= 15 is 0 Å². The van der Waals surface area contributed by atoms with Gasteiger partial charge in [-0.15, -0.1) is 0 Å². The topological polar surface area (TPSA) is 74.5 Å². The molecule has 0 saturated heterocycles. The van der Waals surface area contributed by atoms with E-state index in [1.54, 1.807) is 13.1 Å². The third-order valence-corrected chi connectivity index (χ3v) is 2.67. The first-order valence-corrected chi connectivity index (χ1v) is 5.76. The van der Waals surface area contributed by atoms with Gasteiger partial charge in [0.25, 0.3) is 0 Å². The first-order chi connectivity index (χ1) is 8.74. The maximum atomic E-state index is 11.0. The molecule has 0 unspecified atom stereocenters. The molecule has 0 radical (unpaired) electrons. The van der Waals surface area contributed by atoms with Crippen molar-refractivity contribution in [2.24, 2.45) is 0 Å². The van der Waals surface area contributed by atoms with Crippen LogP contribution in [0.25, 0.3) is 5.57 Å². The number of rotatable bonds is 4. The molecule has 1 aromatic heterocycles. The number of pyridine rings is 1. The van der Waals surface area contributed by atoms with Crippen molar-refractivity contribution in [3.63, 3.8) is 0 Å². The third-order valence-electron chi connectivity index (χ3n) is 2.67. The fourth-order valence-corrected chi connectivity index (χ4v) is 1.86. The van der Waals surface area contributed by atoms with E-state index in [1.165, 1.54) is 6.20 Å². The molecule has 0 N–H and O–H groups in total. The number of hydrogen-bond donors (Lipinski definition) is 0. The lowest BCUT2D eigenvalue weighted by molar-refractivity contribution is -0.386. The number of aromatic nitrogens is 1. The van der Waals surface area contributed by atoms with Crippen LogP contribution < -0.4 is 4.74 Å². The number of hydrogen-bond acceptors (Lipinski definition) is 5. The van der Waals surface area contributed by atoms with E-state index in [0.717, 1.165) is 5.57 Å². The van der Waals surface area contributed by atoms with Crippen LogP contribution in [0.2, 0.25) is 0 Å². The molecule has 0 aromatic carbocycles. The molecule has 0 aliphatic carbocycles. The van der Waals surface area contributed by atoms with Gasteiger partial charge >= 0.3 is 5.69 Å². The molecule has 6 heteroatoms. The quantitative estimate of drug-likeness (QED) is 0.604. The van der Waals surface area contributed by atoms with Crippen molar-refractivity contribution >= 4 is 11.3 Å². The molecule has 96 valence electrons.